The molecular weight excluding hydrogens is 430 g/mol. The largest absolute Gasteiger partial charge is 0.135 e. The third kappa shape index (κ3) is 4.43. The van der Waals surface area contributed by atoms with Crippen molar-refractivity contribution in [1.29, 1.82) is 0 Å². The van der Waals surface area contributed by atoms with E-state index in [1.54, 1.807) is 10.1 Å². The van der Waals surface area contributed by atoms with Gasteiger partial charge in [-0.15, -0.1) is 11.3 Å². The van der Waals surface area contributed by atoms with Crippen LogP contribution in [-0.4, -0.2) is 22.6 Å². The summed E-state index contributed by atoms with van der Waals surface area (Å²) in [4.78, 5) is 0. The molecule has 2 aromatic rings. The van der Waals surface area contributed by atoms with Gasteiger partial charge in [0.15, 0.2) is 0 Å². The maximum atomic E-state index is 2.51. The molecule has 2 unspecified atom stereocenters. The lowest BCUT2D eigenvalue weighted by atomic mass is 10.0. The molecule has 3 heteroatoms. The van der Waals surface area contributed by atoms with Crippen LogP contribution in [0.4, 0.5) is 0 Å². The van der Waals surface area contributed by atoms with Gasteiger partial charge in [-0.25, -0.2) is 0 Å². The summed E-state index contributed by atoms with van der Waals surface area (Å²) < 4.78 is 3.47. The normalized spacial score (nSPS) is 31.9. The fourth-order valence-electron chi connectivity index (χ4n) is 6.43. The SMILES string of the molecule is CC(C)[C@H]1CC[C@@H](C(C)C)P1c1sc2ccccc2c1P1[C@@H](C(C)C)CC[C@H]1C(C)C. The lowest BCUT2D eigenvalue weighted by molar-refractivity contribution is 0.543. The second-order valence-electron chi connectivity index (χ2n) is 11.5. The van der Waals surface area contributed by atoms with Crippen LogP contribution >= 0.6 is 27.2 Å². The Bertz CT molecular complexity index is 848. The summed E-state index contributed by atoms with van der Waals surface area (Å²) in [6, 6.07) is 9.49. The van der Waals surface area contributed by atoms with Gasteiger partial charge in [0, 0.05) is 20.0 Å². The van der Waals surface area contributed by atoms with Gasteiger partial charge in [-0.1, -0.05) is 89.4 Å². The highest BCUT2D eigenvalue weighted by Crippen LogP contribution is 2.65. The first-order chi connectivity index (χ1) is 14.7. The van der Waals surface area contributed by atoms with Gasteiger partial charge in [0.1, 0.15) is 0 Å². The predicted octanol–water partition coefficient (Wildman–Crippen LogP) is 8.80. The third-order valence-electron chi connectivity index (χ3n) is 8.07. The van der Waals surface area contributed by atoms with Gasteiger partial charge in [-0.05, 0) is 78.1 Å². The van der Waals surface area contributed by atoms with Gasteiger partial charge < -0.3 is 0 Å². The van der Waals surface area contributed by atoms with E-state index in [1.807, 2.05) is 9.92 Å². The molecule has 2 aliphatic heterocycles. The molecule has 3 heterocycles. The number of rotatable bonds is 6. The lowest BCUT2D eigenvalue weighted by Gasteiger charge is -2.35. The van der Waals surface area contributed by atoms with Gasteiger partial charge in [-0.3, -0.25) is 0 Å². The highest BCUT2D eigenvalue weighted by Gasteiger charge is 2.46. The molecule has 6 atom stereocenters. The summed E-state index contributed by atoms with van der Waals surface area (Å²) >= 11 is 2.22. The Morgan fingerprint density at radius 2 is 1.06 bits per heavy atom. The monoisotopic (exact) mass is 474 g/mol. The standard InChI is InChI=1S/C28H44P2S/c1-17(2)22-13-14-23(18(3)4)29(22)27-21-11-9-10-12-26(21)31-28(27)30-24(19(5)6)15-16-25(30)20(7)8/h9-12,17-20,22-25H,13-16H2,1-8H3/t22-,23+,24-,25+,29?,30?. The predicted molar refractivity (Wildman–Crippen MR) is 148 cm³/mol. The minimum absolute atomic E-state index is 0.0716. The van der Waals surface area contributed by atoms with Crippen LogP contribution in [0.2, 0.25) is 0 Å². The summed E-state index contributed by atoms with van der Waals surface area (Å²) in [7, 11) is -0.167. The van der Waals surface area contributed by atoms with Gasteiger partial charge in [0.2, 0.25) is 0 Å². The molecule has 31 heavy (non-hydrogen) atoms. The van der Waals surface area contributed by atoms with Gasteiger partial charge in [-0.2, -0.15) is 0 Å². The van der Waals surface area contributed by atoms with E-state index in [9.17, 15) is 0 Å². The zero-order valence-electron chi connectivity index (χ0n) is 21.1. The summed E-state index contributed by atoms with van der Waals surface area (Å²) in [5.41, 5.74) is 3.65. The summed E-state index contributed by atoms with van der Waals surface area (Å²) in [5.74, 6) is 3.23. The fourth-order valence-corrected chi connectivity index (χ4v) is 17.6. The molecule has 0 aliphatic carbocycles. The summed E-state index contributed by atoms with van der Waals surface area (Å²) in [5, 5.41) is 3.54. The van der Waals surface area contributed by atoms with E-state index >= 15 is 0 Å². The van der Waals surface area contributed by atoms with Crippen molar-refractivity contribution in [2.75, 3.05) is 0 Å². The molecule has 4 rings (SSSR count). The van der Waals surface area contributed by atoms with Crippen molar-refractivity contribution >= 4 is 47.2 Å². The Kier molecular flexibility index (Phi) is 7.58. The number of benzene rings is 1. The Morgan fingerprint density at radius 3 is 1.52 bits per heavy atom. The Balaban J connectivity index is 1.94. The van der Waals surface area contributed by atoms with Crippen LogP contribution < -0.4 is 9.92 Å². The zero-order valence-corrected chi connectivity index (χ0v) is 23.7. The van der Waals surface area contributed by atoms with Crippen molar-refractivity contribution in [3.05, 3.63) is 24.3 Å². The maximum Gasteiger partial charge on any atom is 0.0373 e. The molecule has 0 amide bonds. The zero-order chi connectivity index (χ0) is 22.4. The molecule has 0 radical (unpaired) electrons. The first kappa shape index (κ1) is 24.2. The van der Waals surface area contributed by atoms with Crippen LogP contribution in [0.3, 0.4) is 0 Å². The Labute approximate surface area is 198 Å². The van der Waals surface area contributed by atoms with Crippen molar-refractivity contribution in [1.82, 2.24) is 0 Å². The van der Waals surface area contributed by atoms with Crippen molar-refractivity contribution in [3.8, 4) is 0 Å². The van der Waals surface area contributed by atoms with E-state index < -0.39 is 0 Å². The van der Waals surface area contributed by atoms with Crippen LogP contribution in [0.5, 0.6) is 0 Å². The van der Waals surface area contributed by atoms with Gasteiger partial charge in [0.05, 0.1) is 0 Å². The molecule has 1 aromatic carbocycles. The quantitative estimate of drug-likeness (QED) is 0.367. The van der Waals surface area contributed by atoms with E-state index in [-0.39, 0.29) is 15.8 Å². The average Bonchev–Trinajstić information content (AvgIpc) is 3.40. The number of fused-ring (bicyclic) bond motifs is 1. The second-order valence-corrected chi connectivity index (χ2v) is 18.0. The van der Waals surface area contributed by atoms with Crippen LogP contribution in [0, 0.1) is 23.7 Å². The summed E-state index contributed by atoms with van der Waals surface area (Å²) in [6.07, 6.45) is 5.82. The minimum atomic E-state index is -0.0957. The van der Waals surface area contributed by atoms with Gasteiger partial charge >= 0.3 is 0 Å². The van der Waals surface area contributed by atoms with E-state index in [4.69, 9.17) is 0 Å². The molecule has 0 N–H and O–H groups in total. The van der Waals surface area contributed by atoms with Gasteiger partial charge in [0.25, 0.3) is 0 Å². The lowest BCUT2D eigenvalue weighted by Crippen LogP contribution is -2.31. The first-order valence-electron chi connectivity index (χ1n) is 12.8. The highest BCUT2D eigenvalue weighted by atomic mass is 32.1. The molecule has 2 fully saturated rings. The van der Waals surface area contributed by atoms with E-state index in [1.165, 1.54) is 25.7 Å². The van der Waals surface area contributed by atoms with Crippen molar-refractivity contribution < 1.29 is 0 Å². The van der Waals surface area contributed by atoms with Crippen LogP contribution in [-0.2, 0) is 0 Å². The highest BCUT2D eigenvalue weighted by molar-refractivity contribution is 7.79. The first-order valence-corrected chi connectivity index (χ1v) is 16.6. The summed E-state index contributed by atoms with van der Waals surface area (Å²) in [6.45, 7) is 20.0. The smallest absolute Gasteiger partial charge is 0.0373 e. The number of thiophene rings is 1. The molecule has 0 bridgehead atoms. The third-order valence-corrected chi connectivity index (χ3v) is 18.2. The molecule has 1 aromatic heterocycles. The van der Waals surface area contributed by atoms with E-state index in [0.717, 1.165) is 46.3 Å². The molecular formula is C28H44P2S. The number of hydrogen-bond donors (Lipinski definition) is 0. The minimum Gasteiger partial charge on any atom is -0.135 e. The fraction of sp³-hybridized carbons (Fsp3) is 0.714. The van der Waals surface area contributed by atoms with E-state index in [0.29, 0.717) is 0 Å². The topological polar surface area (TPSA) is 0 Å². The molecule has 172 valence electrons. The van der Waals surface area contributed by atoms with Crippen LogP contribution in [0.15, 0.2) is 24.3 Å². The molecule has 2 saturated heterocycles. The van der Waals surface area contributed by atoms with Crippen molar-refractivity contribution in [2.45, 2.75) is 104 Å². The van der Waals surface area contributed by atoms with E-state index in [2.05, 4.69) is 91.0 Å². The van der Waals surface area contributed by atoms with Crippen LogP contribution in [0.1, 0.15) is 81.1 Å². The average molecular weight is 475 g/mol. The second kappa shape index (κ2) is 9.72. The molecule has 0 spiro atoms. The van der Waals surface area contributed by atoms with Crippen molar-refractivity contribution in [3.63, 3.8) is 0 Å². The Morgan fingerprint density at radius 1 is 0.645 bits per heavy atom. The van der Waals surface area contributed by atoms with Crippen LogP contribution in [0.25, 0.3) is 10.1 Å². The molecule has 0 nitrogen and oxygen atoms in total. The number of hydrogen-bond acceptors (Lipinski definition) is 1. The Hall–Kier alpha value is 0.0400. The molecule has 2 aliphatic rings. The van der Waals surface area contributed by atoms with Crippen molar-refractivity contribution in [2.24, 2.45) is 23.7 Å². The maximum absolute atomic E-state index is 2.51. The molecule has 0 saturated carbocycles.